The fraction of sp³-hybridized carbons (Fsp3) is 0.381. The molecule has 1 N–H and O–H groups in total. The number of aromatic nitrogens is 3. The Morgan fingerprint density at radius 1 is 1.21 bits per heavy atom. The number of carbonyl (C=O) groups is 2. The van der Waals surface area contributed by atoms with Crippen molar-refractivity contribution in [3.8, 4) is 0 Å². The molecule has 5 rings (SSSR count). The summed E-state index contributed by atoms with van der Waals surface area (Å²) in [6, 6.07) is 10.1. The van der Waals surface area contributed by atoms with Crippen molar-refractivity contribution in [1.29, 1.82) is 0 Å². The molecule has 2 aromatic heterocycles. The Labute approximate surface area is 162 Å². The van der Waals surface area contributed by atoms with Crippen molar-refractivity contribution in [3.63, 3.8) is 0 Å². The van der Waals surface area contributed by atoms with Crippen molar-refractivity contribution in [2.45, 2.75) is 38.4 Å². The van der Waals surface area contributed by atoms with Crippen LogP contribution < -0.4 is 0 Å². The van der Waals surface area contributed by atoms with Gasteiger partial charge in [-0.1, -0.05) is 18.2 Å². The summed E-state index contributed by atoms with van der Waals surface area (Å²) in [5, 5.41) is 5.41. The molecule has 1 fully saturated rings. The molecule has 2 amide bonds. The quantitative estimate of drug-likeness (QED) is 0.763. The van der Waals surface area contributed by atoms with Crippen LogP contribution in [0.2, 0.25) is 0 Å². The van der Waals surface area contributed by atoms with E-state index in [4.69, 9.17) is 0 Å². The Balaban J connectivity index is 1.39. The van der Waals surface area contributed by atoms with E-state index in [0.717, 1.165) is 29.4 Å². The molecule has 3 aromatic rings. The zero-order valence-electron chi connectivity index (χ0n) is 15.9. The van der Waals surface area contributed by atoms with Crippen molar-refractivity contribution in [1.82, 2.24) is 24.6 Å². The van der Waals surface area contributed by atoms with Crippen molar-refractivity contribution in [2.75, 3.05) is 13.6 Å². The zero-order chi connectivity index (χ0) is 19.3. The SMILES string of the molecule is CN(C(=O)c1cnn2c1CN(C(=O)c1cc3ccccc3[nH]1)CC2)C1CCC1. The normalized spacial score (nSPS) is 16.7. The summed E-state index contributed by atoms with van der Waals surface area (Å²) in [6.45, 7) is 1.57. The minimum Gasteiger partial charge on any atom is -0.351 e. The van der Waals surface area contributed by atoms with E-state index in [1.807, 2.05) is 47.0 Å². The molecule has 144 valence electrons. The maximum atomic E-state index is 13.0. The molecule has 0 unspecified atom stereocenters. The molecule has 28 heavy (non-hydrogen) atoms. The summed E-state index contributed by atoms with van der Waals surface area (Å²) < 4.78 is 1.86. The van der Waals surface area contributed by atoms with Crippen LogP contribution in [-0.4, -0.2) is 56.0 Å². The number of H-pyrrole nitrogens is 1. The van der Waals surface area contributed by atoms with Crippen LogP contribution in [0.4, 0.5) is 0 Å². The van der Waals surface area contributed by atoms with Gasteiger partial charge in [-0.2, -0.15) is 5.10 Å². The van der Waals surface area contributed by atoms with Crippen LogP contribution in [0.15, 0.2) is 36.5 Å². The molecule has 0 spiro atoms. The monoisotopic (exact) mass is 377 g/mol. The second-order valence-corrected chi connectivity index (χ2v) is 7.73. The average molecular weight is 377 g/mol. The predicted molar refractivity (Wildman–Crippen MR) is 105 cm³/mol. The number of para-hydroxylation sites is 1. The molecule has 0 bridgehead atoms. The fourth-order valence-corrected chi connectivity index (χ4v) is 4.09. The Bertz CT molecular complexity index is 1030. The Morgan fingerprint density at radius 3 is 2.79 bits per heavy atom. The lowest BCUT2D eigenvalue weighted by Crippen LogP contribution is -2.43. The molecule has 1 aliphatic heterocycles. The summed E-state index contributed by atoms with van der Waals surface area (Å²) in [5.41, 5.74) is 2.97. The summed E-state index contributed by atoms with van der Waals surface area (Å²) >= 11 is 0. The van der Waals surface area contributed by atoms with Gasteiger partial charge in [-0.25, -0.2) is 0 Å². The smallest absolute Gasteiger partial charge is 0.270 e. The van der Waals surface area contributed by atoms with Gasteiger partial charge < -0.3 is 14.8 Å². The second kappa shape index (κ2) is 6.51. The summed E-state index contributed by atoms with van der Waals surface area (Å²) in [5.74, 6) is -0.0414. The lowest BCUT2D eigenvalue weighted by molar-refractivity contribution is 0.0635. The minimum absolute atomic E-state index is 0.00543. The number of amides is 2. The molecule has 2 aliphatic rings. The standard InChI is InChI=1S/C21H23N5O2/c1-24(15-6-4-7-15)20(27)16-12-22-26-10-9-25(13-19(16)26)21(28)18-11-14-5-2-3-8-17(14)23-18/h2-3,5,8,11-12,15,23H,4,6-7,9-10,13H2,1H3. The highest BCUT2D eigenvalue weighted by Crippen LogP contribution is 2.27. The number of benzene rings is 1. The van der Waals surface area contributed by atoms with Gasteiger partial charge in [0.1, 0.15) is 5.69 Å². The van der Waals surface area contributed by atoms with Gasteiger partial charge in [-0.3, -0.25) is 14.3 Å². The maximum Gasteiger partial charge on any atom is 0.270 e. The van der Waals surface area contributed by atoms with E-state index in [9.17, 15) is 9.59 Å². The Kier molecular flexibility index (Phi) is 3.96. The number of hydrogen-bond acceptors (Lipinski definition) is 3. The lowest BCUT2D eigenvalue weighted by atomic mass is 9.91. The second-order valence-electron chi connectivity index (χ2n) is 7.73. The van der Waals surface area contributed by atoms with Gasteiger partial charge in [0.05, 0.1) is 30.5 Å². The highest BCUT2D eigenvalue weighted by atomic mass is 16.2. The van der Waals surface area contributed by atoms with Crippen LogP contribution in [-0.2, 0) is 13.1 Å². The Morgan fingerprint density at radius 2 is 2.04 bits per heavy atom. The van der Waals surface area contributed by atoms with Crippen LogP contribution in [0.5, 0.6) is 0 Å². The van der Waals surface area contributed by atoms with E-state index >= 15 is 0 Å². The van der Waals surface area contributed by atoms with Gasteiger partial charge >= 0.3 is 0 Å². The van der Waals surface area contributed by atoms with E-state index in [-0.39, 0.29) is 11.8 Å². The maximum absolute atomic E-state index is 13.0. The number of fused-ring (bicyclic) bond motifs is 2. The van der Waals surface area contributed by atoms with Crippen LogP contribution in [0.25, 0.3) is 10.9 Å². The predicted octanol–water partition coefficient (Wildman–Crippen LogP) is 2.64. The number of hydrogen-bond donors (Lipinski definition) is 1. The first-order valence-electron chi connectivity index (χ1n) is 9.80. The van der Waals surface area contributed by atoms with Crippen molar-refractivity contribution in [3.05, 3.63) is 53.5 Å². The summed E-state index contributed by atoms with van der Waals surface area (Å²) in [6.07, 6.45) is 4.97. The first-order chi connectivity index (χ1) is 13.6. The largest absolute Gasteiger partial charge is 0.351 e. The fourth-order valence-electron chi connectivity index (χ4n) is 4.09. The third kappa shape index (κ3) is 2.69. The van der Waals surface area contributed by atoms with Crippen LogP contribution >= 0.6 is 0 Å². The van der Waals surface area contributed by atoms with Gasteiger partial charge in [-0.05, 0) is 31.4 Å². The first kappa shape index (κ1) is 17.0. The van der Waals surface area contributed by atoms with Gasteiger partial charge in [0.25, 0.3) is 11.8 Å². The van der Waals surface area contributed by atoms with Crippen molar-refractivity contribution < 1.29 is 9.59 Å². The average Bonchev–Trinajstić information content (AvgIpc) is 3.28. The molecular formula is C21H23N5O2. The van der Waals surface area contributed by atoms with E-state index in [0.29, 0.717) is 36.9 Å². The molecule has 1 aromatic carbocycles. The highest BCUT2D eigenvalue weighted by molar-refractivity contribution is 5.98. The Hall–Kier alpha value is -3.09. The number of aromatic amines is 1. The minimum atomic E-state index is -0.0469. The molecular weight excluding hydrogens is 354 g/mol. The molecule has 1 saturated carbocycles. The van der Waals surface area contributed by atoms with Crippen LogP contribution in [0.1, 0.15) is 45.8 Å². The number of rotatable bonds is 3. The topological polar surface area (TPSA) is 74.2 Å². The van der Waals surface area contributed by atoms with Crippen molar-refractivity contribution >= 4 is 22.7 Å². The van der Waals surface area contributed by atoms with E-state index < -0.39 is 0 Å². The third-order valence-electron chi connectivity index (χ3n) is 6.09. The van der Waals surface area contributed by atoms with Gasteiger partial charge in [0.2, 0.25) is 0 Å². The van der Waals surface area contributed by atoms with Gasteiger partial charge in [-0.15, -0.1) is 0 Å². The number of carbonyl (C=O) groups excluding carboxylic acids is 2. The van der Waals surface area contributed by atoms with E-state index in [1.54, 1.807) is 11.1 Å². The molecule has 7 heteroatoms. The van der Waals surface area contributed by atoms with E-state index in [1.165, 1.54) is 6.42 Å². The summed E-state index contributed by atoms with van der Waals surface area (Å²) in [4.78, 5) is 32.8. The first-order valence-corrected chi connectivity index (χ1v) is 9.80. The van der Waals surface area contributed by atoms with Gasteiger partial charge in [0, 0.05) is 30.5 Å². The number of nitrogens with one attached hydrogen (secondary N) is 1. The van der Waals surface area contributed by atoms with Crippen LogP contribution in [0, 0.1) is 0 Å². The zero-order valence-corrected chi connectivity index (χ0v) is 15.9. The van der Waals surface area contributed by atoms with Gasteiger partial charge in [0.15, 0.2) is 0 Å². The lowest BCUT2D eigenvalue weighted by Gasteiger charge is -2.35. The molecule has 0 radical (unpaired) electrons. The molecule has 0 atom stereocenters. The van der Waals surface area contributed by atoms with Crippen LogP contribution in [0.3, 0.4) is 0 Å². The molecule has 1 aliphatic carbocycles. The molecule has 7 nitrogen and oxygen atoms in total. The molecule has 3 heterocycles. The summed E-state index contributed by atoms with van der Waals surface area (Å²) in [7, 11) is 1.87. The number of nitrogens with zero attached hydrogens (tertiary/aromatic N) is 4. The highest BCUT2D eigenvalue weighted by Gasteiger charge is 2.32. The van der Waals surface area contributed by atoms with E-state index in [2.05, 4.69) is 10.1 Å². The third-order valence-corrected chi connectivity index (χ3v) is 6.09. The van der Waals surface area contributed by atoms with Crippen molar-refractivity contribution in [2.24, 2.45) is 0 Å². The molecule has 0 saturated heterocycles.